The Kier molecular flexibility index (Phi) is 3.45. The van der Waals surface area contributed by atoms with Gasteiger partial charge in [-0.25, -0.2) is 0 Å². The van der Waals surface area contributed by atoms with Gasteiger partial charge in [0.2, 0.25) is 0 Å². The Hall–Kier alpha value is -2.11. The number of aromatic amines is 1. The predicted octanol–water partition coefficient (Wildman–Crippen LogP) is 0.733. The highest BCUT2D eigenvalue weighted by Crippen LogP contribution is 2.08. The van der Waals surface area contributed by atoms with Crippen molar-refractivity contribution in [3.8, 4) is 0 Å². The quantitative estimate of drug-likeness (QED) is 0.836. The van der Waals surface area contributed by atoms with E-state index in [4.69, 9.17) is 0 Å². The molecule has 96 valence electrons. The van der Waals surface area contributed by atoms with Crippen LogP contribution in [0.25, 0.3) is 0 Å². The van der Waals surface area contributed by atoms with Crippen LogP contribution in [-0.2, 0) is 13.5 Å². The zero-order valence-electron chi connectivity index (χ0n) is 10.8. The summed E-state index contributed by atoms with van der Waals surface area (Å²) < 4.78 is 1.81. The van der Waals surface area contributed by atoms with E-state index in [9.17, 15) is 4.79 Å². The second-order valence-electron chi connectivity index (χ2n) is 4.26. The van der Waals surface area contributed by atoms with Crippen molar-refractivity contribution in [1.29, 1.82) is 0 Å². The Bertz CT molecular complexity index is 535. The van der Waals surface area contributed by atoms with E-state index < -0.39 is 0 Å². The summed E-state index contributed by atoms with van der Waals surface area (Å²) in [6.07, 6.45) is 2.51. The first kappa shape index (κ1) is 12.3. The lowest BCUT2D eigenvalue weighted by molar-refractivity contribution is 0.0953. The maximum absolute atomic E-state index is 12.0. The van der Waals surface area contributed by atoms with Gasteiger partial charge in [0, 0.05) is 37.6 Å². The molecule has 0 aliphatic carbocycles. The van der Waals surface area contributed by atoms with E-state index in [-0.39, 0.29) is 5.91 Å². The molecule has 2 rings (SSSR count). The van der Waals surface area contributed by atoms with Gasteiger partial charge < -0.3 is 5.32 Å². The number of carbonyl (C=O) groups is 1. The maximum atomic E-state index is 12.0. The number of H-pyrrole nitrogens is 1. The van der Waals surface area contributed by atoms with Gasteiger partial charge >= 0.3 is 0 Å². The predicted molar refractivity (Wildman–Crippen MR) is 67.3 cm³/mol. The van der Waals surface area contributed by atoms with E-state index in [2.05, 4.69) is 20.6 Å². The average molecular weight is 247 g/mol. The minimum atomic E-state index is -0.0825. The lowest BCUT2D eigenvalue weighted by Gasteiger charge is -2.05. The van der Waals surface area contributed by atoms with Crippen LogP contribution in [-0.4, -0.2) is 32.4 Å². The molecule has 0 atom stereocenters. The first-order chi connectivity index (χ1) is 8.59. The van der Waals surface area contributed by atoms with Crippen LogP contribution >= 0.6 is 0 Å². The van der Waals surface area contributed by atoms with Crippen LogP contribution in [0.5, 0.6) is 0 Å². The van der Waals surface area contributed by atoms with Crippen molar-refractivity contribution in [2.45, 2.75) is 20.3 Å². The highest BCUT2D eigenvalue weighted by atomic mass is 16.1. The Morgan fingerprint density at radius 2 is 2.28 bits per heavy atom. The third-order valence-electron chi connectivity index (χ3n) is 2.94. The molecule has 0 spiro atoms. The highest BCUT2D eigenvalue weighted by molar-refractivity contribution is 5.96. The second kappa shape index (κ2) is 5.03. The van der Waals surface area contributed by atoms with Crippen molar-refractivity contribution >= 4 is 5.91 Å². The fraction of sp³-hybridized carbons (Fsp3) is 0.417. The van der Waals surface area contributed by atoms with Gasteiger partial charge in [-0.15, -0.1) is 0 Å². The summed E-state index contributed by atoms with van der Waals surface area (Å²) in [6, 6.07) is 1.94. The summed E-state index contributed by atoms with van der Waals surface area (Å²) in [7, 11) is 1.89. The lowest BCUT2D eigenvalue weighted by atomic mass is 10.2. The fourth-order valence-corrected chi connectivity index (χ4v) is 1.92. The van der Waals surface area contributed by atoms with Crippen LogP contribution < -0.4 is 5.32 Å². The first-order valence-electron chi connectivity index (χ1n) is 5.86. The summed E-state index contributed by atoms with van der Waals surface area (Å²) in [4.78, 5) is 12.0. The SMILES string of the molecule is Cc1n[nH]c(C)c1C(=O)NCCc1ccnn1C. The van der Waals surface area contributed by atoms with E-state index in [0.29, 0.717) is 12.1 Å². The number of aromatic nitrogens is 4. The molecule has 0 bridgehead atoms. The summed E-state index contributed by atoms with van der Waals surface area (Å²) in [5.41, 5.74) is 3.26. The smallest absolute Gasteiger partial charge is 0.255 e. The third-order valence-corrected chi connectivity index (χ3v) is 2.94. The molecule has 18 heavy (non-hydrogen) atoms. The van der Waals surface area contributed by atoms with Gasteiger partial charge in [-0.05, 0) is 19.9 Å². The van der Waals surface area contributed by atoms with Crippen molar-refractivity contribution in [3.63, 3.8) is 0 Å². The number of hydrogen-bond donors (Lipinski definition) is 2. The van der Waals surface area contributed by atoms with Gasteiger partial charge in [-0.3, -0.25) is 14.6 Å². The molecular weight excluding hydrogens is 230 g/mol. The molecule has 0 aliphatic rings. The molecule has 2 heterocycles. The Morgan fingerprint density at radius 1 is 1.50 bits per heavy atom. The van der Waals surface area contributed by atoms with Crippen LogP contribution in [0.1, 0.15) is 27.4 Å². The fourth-order valence-electron chi connectivity index (χ4n) is 1.92. The van der Waals surface area contributed by atoms with Crippen LogP contribution in [0.3, 0.4) is 0 Å². The van der Waals surface area contributed by atoms with E-state index in [1.165, 1.54) is 0 Å². The molecular formula is C12H17N5O. The molecule has 0 fully saturated rings. The first-order valence-corrected chi connectivity index (χ1v) is 5.86. The minimum absolute atomic E-state index is 0.0825. The van der Waals surface area contributed by atoms with Crippen molar-refractivity contribution in [1.82, 2.24) is 25.3 Å². The van der Waals surface area contributed by atoms with Crippen LogP contribution in [0.2, 0.25) is 0 Å². The van der Waals surface area contributed by atoms with Crippen LogP contribution in [0, 0.1) is 13.8 Å². The maximum Gasteiger partial charge on any atom is 0.255 e. The summed E-state index contributed by atoms with van der Waals surface area (Å²) in [5, 5.41) is 13.8. The Morgan fingerprint density at radius 3 is 2.83 bits per heavy atom. The van der Waals surface area contributed by atoms with E-state index >= 15 is 0 Å². The molecule has 0 aromatic carbocycles. The van der Waals surface area contributed by atoms with Gasteiger partial charge in [0.15, 0.2) is 0 Å². The number of nitrogens with one attached hydrogen (secondary N) is 2. The molecule has 6 nitrogen and oxygen atoms in total. The standard InChI is InChI=1S/C12H17N5O/c1-8-11(9(2)16-15-8)12(18)13-6-4-10-5-7-14-17(10)3/h5,7H,4,6H2,1-3H3,(H,13,18)(H,15,16). The van der Waals surface area contributed by atoms with Crippen LogP contribution in [0.4, 0.5) is 0 Å². The number of aryl methyl sites for hydroxylation is 3. The molecule has 2 aromatic rings. The van der Waals surface area contributed by atoms with Crippen molar-refractivity contribution < 1.29 is 4.79 Å². The molecule has 0 aliphatic heterocycles. The molecule has 0 saturated carbocycles. The molecule has 1 amide bonds. The lowest BCUT2D eigenvalue weighted by Crippen LogP contribution is -2.27. The third kappa shape index (κ3) is 2.42. The molecule has 2 N–H and O–H groups in total. The van der Waals surface area contributed by atoms with E-state index in [1.807, 2.05) is 27.0 Å². The van der Waals surface area contributed by atoms with E-state index in [0.717, 1.165) is 23.5 Å². The van der Waals surface area contributed by atoms with Crippen molar-refractivity contribution in [3.05, 3.63) is 34.9 Å². The van der Waals surface area contributed by atoms with Gasteiger partial charge in [0.05, 0.1) is 11.3 Å². The monoisotopic (exact) mass is 247 g/mol. The normalized spacial score (nSPS) is 10.6. The number of nitrogens with zero attached hydrogens (tertiary/aromatic N) is 3. The van der Waals surface area contributed by atoms with E-state index in [1.54, 1.807) is 10.9 Å². The largest absolute Gasteiger partial charge is 0.352 e. The average Bonchev–Trinajstić information content (AvgIpc) is 2.86. The number of rotatable bonds is 4. The summed E-state index contributed by atoms with van der Waals surface area (Å²) in [5.74, 6) is -0.0825. The zero-order chi connectivity index (χ0) is 13.1. The summed E-state index contributed by atoms with van der Waals surface area (Å²) >= 11 is 0. The molecule has 0 saturated heterocycles. The zero-order valence-corrected chi connectivity index (χ0v) is 10.8. The minimum Gasteiger partial charge on any atom is -0.352 e. The van der Waals surface area contributed by atoms with Crippen molar-refractivity contribution in [2.75, 3.05) is 6.54 Å². The van der Waals surface area contributed by atoms with Crippen LogP contribution in [0.15, 0.2) is 12.3 Å². The van der Waals surface area contributed by atoms with Gasteiger partial charge in [-0.1, -0.05) is 0 Å². The number of amides is 1. The van der Waals surface area contributed by atoms with Gasteiger partial charge in [0.25, 0.3) is 5.91 Å². The van der Waals surface area contributed by atoms with Gasteiger partial charge in [0.1, 0.15) is 0 Å². The number of carbonyl (C=O) groups excluding carboxylic acids is 1. The second-order valence-corrected chi connectivity index (χ2v) is 4.26. The molecule has 6 heteroatoms. The highest BCUT2D eigenvalue weighted by Gasteiger charge is 2.14. The van der Waals surface area contributed by atoms with Crippen molar-refractivity contribution in [2.24, 2.45) is 7.05 Å². The Labute approximate surface area is 105 Å². The number of hydrogen-bond acceptors (Lipinski definition) is 3. The topological polar surface area (TPSA) is 75.6 Å². The molecule has 2 aromatic heterocycles. The van der Waals surface area contributed by atoms with Gasteiger partial charge in [-0.2, -0.15) is 10.2 Å². The Balaban J connectivity index is 1.92. The molecule has 0 unspecified atom stereocenters. The summed E-state index contributed by atoms with van der Waals surface area (Å²) in [6.45, 7) is 4.25. The molecule has 0 radical (unpaired) electrons.